The molecule has 0 saturated carbocycles. The Labute approximate surface area is 223 Å². The van der Waals surface area contributed by atoms with E-state index in [4.69, 9.17) is 9.47 Å². The van der Waals surface area contributed by atoms with Crippen LogP contribution >= 0.6 is 0 Å². The number of Topliss-reactive ketones (excluding diaryl/α,β-unsaturated/α-hetero) is 4. The minimum atomic E-state index is -2.79. The van der Waals surface area contributed by atoms with Gasteiger partial charge in [0.05, 0.1) is 11.8 Å². The molecule has 4 unspecified atom stereocenters. The summed E-state index contributed by atoms with van der Waals surface area (Å²) in [5, 5.41) is 21.6. The first-order valence-electron chi connectivity index (χ1n) is 11.9. The molecule has 0 aromatic rings. The Balaban J connectivity index is 5.35. The van der Waals surface area contributed by atoms with Gasteiger partial charge in [0.25, 0.3) is 11.6 Å². The Morgan fingerprint density at radius 2 is 0.868 bits per heavy atom. The number of esters is 2. The van der Waals surface area contributed by atoms with Crippen LogP contribution in [0.2, 0.25) is 0 Å². The van der Waals surface area contributed by atoms with E-state index < -0.39 is 58.5 Å². The summed E-state index contributed by atoms with van der Waals surface area (Å²) in [6.07, 6.45) is -0.679. The van der Waals surface area contributed by atoms with Crippen molar-refractivity contribution in [3.8, 4) is 0 Å². The molecule has 0 rings (SSSR count). The molecule has 10 nitrogen and oxygen atoms in total. The monoisotopic (exact) mass is 534 g/mol. The number of aliphatic hydroxyl groups is 2. The van der Waals surface area contributed by atoms with Crippen LogP contribution < -0.4 is 0 Å². The fourth-order valence-corrected chi connectivity index (χ4v) is 3.36. The second kappa shape index (κ2) is 13.9. The molecule has 38 heavy (non-hydrogen) atoms. The average Bonchev–Trinajstić information content (AvgIpc) is 2.82. The summed E-state index contributed by atoms with van der Waals surface area (Å²) in [4.78, 5) is 74.4. The van der Waals surface area contributed by atoms with Gasteiger partial charge < -0.3 is 19.7 Å². The van der Waals surface area contributed by atoms with E-state index in [0.29, 0.717) is 0 Å². The molecular weight excluding hydrogens is 496 g/mol. The molecule has 0 saturated heterocycles. The number of carbonyl (C=O) groups is 6. The summed E-state index contributed by atoms with van der Waals surface area (Å²) in [5.74, 6) is -14.0. The maximum absolute atomic E-state index is 12.5. The van der Waals surface area contributed by atoms with Crippen LogP contribution in [0.3, 0.4) is 0 Å². The Bertz CT molecular complexity index is 982. The molecule has 0 spiro atoms. The third kappa shape index (κ3) is 8.53. The highest BCUT2D eigenvalue weighted by Crippen LogP contribution is 2.29. The first-order valence-corrected chi connectivity index (χ1v) is 11.9. The number of unbranched alkanes of at least 4 members (excludes halogenated alkanes) is 1. The van der Waals surface area contributed by atoms with Gasteiger partial charge >= 0.3 is 11.9 Å². The van der Waals surface area contributed by atoms with Gasteiger partial charge in [-0.3, -0.25) is 28.8 Å². The quantitative estimate of drug-likeness (QED) is 0.123. The van der Waals surface area contributed by atoms with Gasteiger partial charge in [-0.1, -0.05) is 26.3 Å². The SMILES string of the molecule is C=C(C)C(=O)C(C)C(O)(OC(=O)CCCCC(=O)OC(O)(C(=O)C(=C)C)C(C)C(=O)C(=C)C)C(=O)C(=C)C. The Morgan fingerprint density at radius 1 is 0.605 bits per heavy atom. The maximum atomic E-state index is 12.5. The number of hydrogen-bond acceptors (Lipinski definition) is 10. The van der Waals surface area contributed by atoms with Gasteiger partial charge in [-0.15, -0.1) is 0 Å². The van der Waals surface area contributed by atoms with Gasteiger partial charge in [0.2, 0.25) is 11.6 Å². The summed E-state index contributed by atoms with van der Waals surface area (Å²) in [6, 6.07) is 0. The van der Waals surface area contributed by atoms with Crippen LogP contribution in [-0.4, -0.2) is 56.9 Å². The van der Waals surface area contributed by atoms with Gasteiger partial charge in [0, 0.05) is 12.8 Å². The molecule has 0 aromatic heterocycles. The molecule has 0 radical (unpaired) electrons. The minimum absolute atomic E-state index is 0.0151. The lowest BCUT2D eigenvalue weighted by Crippen LogP contribution is -2.52. The molecule has 2 N–H and O–H groups in total. The van der Waals surface area contributed by atoms with Gasteiger partial charge in [-0.25, -0.2) is 0 Å². The summed E-state index contributed by atoms with van der Waals surface area (Å²) in [6.45, 7) is 21.6. The minimum Gasteiger partial charge on any atom is -0.424 e. The van der Waals surface area contributed by atoms with Crippen molar-refractivity contribution < 1.29 is 48.5 Å². The van der Waals surface area contributed by atoms with E-state index in [9.17, 15) is 39.0 Å². The molecular formula is C28H38O10. The summed E-state index contributed by atoms with van der Waals surface area (Å²) >= 11 is 0. The van der Waals surface area contributed by atoms with Crippen molar-refractivity contribution in [1.29, 1.82) is 0 Å². The van der Waals surface area contributed by atoms with Crippen LogP contribution in [-0.2, 0) is 38.2 Å². The zero-order valence-corrected chi connectivity index (χ0v) is 23.0. The topological polar surface area (TPSA) is 161 Å². The molecule has 0 bridgehead atoms. The van der Waals surface area contributed by atoms with Crippen molar-refractivity contribution in [3.63, 3.8) is 0 Å². The number of ketones is 4. The molecule has 0 aliphatic heterocycles. The molecule has 0 aromatic carbocycles. The molecule has 4 atom stereocenters. The highest BCUT2D eigenvalue weighted by molar-refractivity contribution is 6.07. The van der Waals surface area contributed by atoms with Gasteiger partial charge in [0.1, 0.15) is 0 Å². The van der Waals surface area contributed by atoms with Crippen LogP contribution in [0.25, 0.3) is 0 Å². The van der Waals surface area contributed by atoms with Crippen LogP contribution in [0.5, 0.6) is 0 Å². The third-order valence-electron chi connectivity index (χ3n) is 5.78. The second-order valence-corrected chi connectivity index (χ2v) is 9.50. The van der Waals surface area contributed by atoms with Crippen molar-refractivity contribution >= 4 is 35.1 Å². The van der Waals surface area contributed by atoms with E-state index in [1.165, 1.54) is 41.5 Å². The highest BCUT2D eigenvalue weighted by atomic mass is 16.7. The lowest BCUT2D eigenvalue weighted by molar-refractivity contribution is -0.222. The summed E-state index contributed by atoms with van der Waals surface area (Å²) in [5.41, 5.74) is -0.185. The first-order chi connectivity index (χ1) is 17.2. The largest absolute Gasteiger partial charge is 0.424 e. The van der Waals surface area contributed by atoms with Crippen LogP contribution in [0.4, 0.5) is 0 Å². The van der Waals surface area contributed by atoms with E-state index in [-0.39, 0.29) is 48.0 Å². The predicted octanol–water partition coefficient (Wildman–Crippen LogP) is 2.86. The van der Waals surface area contributed by atoms with Crippen LogP contribution in [0, 0.1) is 11.8 Å². The van der Waals surface area contributed by atoms with E-state index in [0.717, 1.165) is 0 Å². The van der Waals surface area contributed by atoms with E-state index in [1.807, 2.05) is 0 Å². The first kappa shape index (κ1) is 34.5. The Kier molecular flexibility index (Phi) is 12.6. The average molecular weight is 535 g/mol. The zero-order valence-electron chi connectivity index (χ0n) is 23.0. The van der Waals surface area contributed by atoms with Crippen molar-refractivity contribution in [3.05, 3.63) is 48.6 Å². The van der Waals surface area contributed by atoms with Crippen molar-refractivity contribution in [2.75, 3.05) is 0 Å². The number of ether oxygens (including phenoxy) is 2. The molecule has 210 valence electrons. The molecule has 0 amide bonds. The van der Waals surface area contributed by atoms with Gasteiger partial charge in [0.15, 0.2) is 11.6 Å². The molecule has 0 heterocycles. The second-order valence-electron chi connectivity index (χ2n) is 9.50. The van der Waals surface area contributed by atoms with Gasteiger partial charge in [-0.2, -0.15) is 0 Å². The number of allylic oxidation sites excluding steroid dienone is 2. The molecule has 0 fully saturated rings. The lowest BCUT2D eigenvalue weighted by Gasteiger charge is -2.31. The van der Waals surface area contributed by atoms with E-state index in [1.54, 1.807) is 0 Å². The maximum Gasteiger partial charge on any atom is 0.308 e. The Morgan fingerprint density at radius 3 is 1.08 bits per heavy atom. The number of rotatable bonds is 17. The van der Waals surface area contributed by atoms with E-state index in [2.05, 4.69) is 26.3 Å². The number of hydrogen-bond donors (Lipinski definition) is 2. The Hall–Kier alpha value is -3.50. The van der Waals surface area contributed by atoms with Crippen LogP contribution in [0.15, 0.2) is 48.6 Å². The molecule has 10 heteroatoms. The predicted molar refractivity (Wildman–Crippen MR) is 138 cm³/mol. The molecule has 0 aliphatic rings. The lowest BCUT2D eigenvalue weighted by atomic mass is 9.87. The normalized spacial score (nSPS) is 15.5. The standard InChI is InChI=1S/C28H38O10/c1-15(2)23(31)19(9)27(35,25(33)17(5)6)37-21(29)13-11-12-14-22(30)38-28(36,26(34)18(7)8)20(10)24(32)16(3)4/h19-20,35-36H,1,3,5,7,11-14H2,2,4,6,8-10H3. The fourth-order valence-electron chi connectivity index (χ4n) is 3.36. The van der Waals surface area contributed by atoms with Crippen molar-refractivity contribution in [2.24, 2.45) is 11.8 Å². The third-order valence-corrected chi connectivity index (χ3v) is 5.78. The highest BCUT2D eigenvalue weighted by Gasteiger charge is 2.50. The van der Waals surface area contributed by atoms with Crippen LogP contribution in [0.1, 0.15) is 67.2 Å². The smallest absolute Gasteiger partial charge is 0.308 e. The van der Waals surface area contributed by atoms with Crippen molar-refractivity contribution in [2.45, 2.75) is 78.8 Å². The van der Waals surface area contributed by atoms with Gasteiger partial charge in [-0.05, 0) is 76.7 Å². The number of carbonyl (C=O) groups excluding carboxylic acids is 6. The fraction of sp³-hybridized carbons (Fsp3) is 0.500. The van der Waals surface area contributed by atoms with E-state index >= 15 is 0 Å². The summed E-state index contributed by atoms with van der Waals surface area (Å²) < 4.78 is 10.0. The molecule has 0 aliphatic carbocycles. The zero-order chi connectivity index (χ0) is 30.2. The van der Waals surface area contributed by atoms with Crippen molar-refractivity contribution in [1.82, 2.24) is 0 Å². The summed E-state index contributed by atoms with van der Waals surface area (Å²) in [7, 11) is 0.